The largest absolute Gasteiger partial charge is 0.214 e. The first-order chi connectivity index (χ1) is 5.52. The summed E-state index contributed by atoms with van der Waals surface area (Å²) in [4.78, 5) is 0. The third kappa shape index (κ3) is 6.11. The van der Waals surface area contributed by atoms with Gasteiger partial charge in [-0.05, 0) is 6.26 Å². The molecule has 0 aliphatic heterocycles. The molecule has 74 valence electrons. The molecule has 1 atom stereocenters. The smallest absolute Gasteiger partial charge is 0.212 e. The Morgan fingerprint density at radius 1 is 1.58 bits per heavy atom. The average Bonchev–Trinajstić information content (AvgIpc) is 2.00. The first-order valence-corrected chi connectivity index (χ1v) is 7.05. The van der Waals surface area contributed by atoms with Gasteiger partial charge in [-0.15, -0.1) is 11.6 Å². The molecule has 0 spiro atoms. The van der Waals surface area contributed by atoms with Crippen molar-refractivity contribution in [2.24, 2.45) is 0 Å². The molecule has 0 saturated heterocycles. The maximum Gasteiger partial charge on any atom is 0.212 e. The van der Waals surface area contributed by atoms with E-state index in [0.717, 1.165) is 0 Å². The van der Waals surface area contributed by atoms with Crippen molar-refractivity contribution in [3.63, 3.8) is 0 Å². The number of nitrogens with one attached hydrogen (secondary N) is 1. The van der Waals surface area contributed by atoms with E-state index in [1.165, 1.54) is 0 Å². The Balaban J connectivity index is 3.76. The minimum absolute atomic E-state index is 0.00431. The fourth-order valence-electron chi connectivity index (χ4n) is 0.501. The number of hydrogen-bond acceptors (Lipinski definition) is 3. The summed E-state index contributed by atoms with van der Waals surface area (Å²) >= 11 is 6.93. The monoisotopic (exact) mass is 231 g/mol. The van der Waals surface area contributed by atoms with Crippen LogP contribution in [0.4, 0.5) is 0 Å². The fourth-order valence-corrected chi connectivity index (χ4v) is 2.32. The van der Waals surface area contributed by atoms with Crippen molar-refractivity contribution in [2.75, 3.05) is 24.4 Å². The Bertz CT molecular complexity index is 206. The third-order valence-corrected chi connectivity index (χ3v) is 4.07. The van der Waals surface area contributed by atoms with E-state index in [1.807, 2.05) is 13.2 Å². The SMILES string of the molecule is CSC(C)CNS(=O)(=O)CCCl. The highest BCUT2D eigenvalue weighted by Gasteiger charge is 2.09. The molecule has 0 aromatic carbocycles. The van der Waals surface area contributed by atoms with Crippen LogP contribution in [0.25, 0.3) is 0 Å². The lowest BCUT2D eigenvalue weighted by Gasteiger charge is -2.09. The molecule has 1 unspecified atom stereocenters. The molecule has 0 fully saturated rings. The zero-order valence-corrected chi connectivity index (χ0v) is 9.60. The van der Waals surface area contributed by atoms with Crippen LogP contribution in [0.1, 0.15) is 6.92 Å². The number of thioether (sulfide) groups is 1. The molecular weight excluding hydrogens is 218 g/mol. The topological polar surface area (TPSA) is 46.2 Å². The van der Waals surface area contributed by atoms with E-state index in [-0.39, 0.29) is 11.6 Å². The molecule has 0 radical (unpaired) electrons. The van der Waals surface area contributed by atoms with E-state index >= 15 is 0 Å². The first-order valence-electron chi connectivity index (χ1n) is 3.58. The van der Waals surface area contributed by atoms with E-state index in [9.17, 15) is 8.42 Å². The van der Waals surface area contributed by atoms with Crippen molar-refractivity contribution in [1.82, 2.24) is 4.72 Å². The standard InChI is InChI=1S/C6H14ClNO2S2/c1-6(11-2)5-8-12(9,10)4-3-7/h6,8H,3-5H2,1-2H3. The molecule has 0 aliphatic carbocycles. The van der Waals surface area contributed by atoms with E-state index < -0.39 is 10.0 Å². The number of rotatable bonds is 6. The molecule has 6 heteroatoms. The Morgan fingerprint density at radius 2 is 2.17 bits per heavy atom. The quantitative estimate of drug-likeness (QED) is 0.691. The van der Waals surface area contributed by atoms with E-state index in [4.69, 9.17) is 11.6 Å². The highest BCUT2D eigenvalue weighted by atomic mass is 35.5. The van der Waals surface area contributed by atoms with Crippen LogP contribution in [0.3, 0.4) is 0 Å². The summed E-state index contributed by atoms with van der Waals surface area (Å²) in [7, 11) is -3.13. The van der Waals surface area contributed by atoms with Crippen LogP contribution in [0.5, 0.6) is 0 Å². The lowest BCUT2D eigenvalue weighted by molar-refractivity contribution is 0.583. The zero-order valence-electron chi connectivity index (χ0n) is 7.21. The minimum atomic E-state index is -3.13. The number of sulfonamides is 1. The maximum atomic E-state index is 11.0. The molecule has 0 aliphatic rings. The summed E-state index contributed by atoms with van der Waals surface area (Å²) < 4.78 is 24.6. The summed E-state index contributed by atoms with van der Waals surface area (Å²) in [5, 5.41) is 0.301. The lowest BCUT2D eigenvalue weighted by atomic mass is 10.5. The Labute approximate surface area is 83.3 Å². The molecular formula is C6H14ClNO2S2. The zero-order chi connectivity index (χ0) is 9.61. The second-order valence-corrected chi connectivity index (χ2v) is 5.98. The van der Waals surface area contributed by atoms with Crippen molar-refractivity contribution in [2.45, 2.75) is 12.2 Å². The van der Waals surface area contributed by atoms with Crippen molar-refractivity contribution >= 4 is 33.4 Å². The molecule has 12 heavy (non-hydrogen) atoms. The highest BCUT2D eigenvalue weighted by Crippen LogP contribution is 2.03. The molecule has 0 amide bonds. The predicted octanol–water partition coefficient (Wildman–Crippen LogP) is 0.896. The molecule has 0 heterocycles. The summed E-state index contributed by atoms with van der Waals surface area (Å²) in [6.45, 7) is 2.44. The normalized spacial score (nSPS) is 14.6. The molecule has 0 aromatic rings. The molecule has 3 nitrogen and oxygen atoms in total. The number of alkyl halides is 1. The summed E-state index contributed by atoms with van der Waals surface area (Å²) in [6.07, 6.45) is 1.94. The third-order valence-electron chi connectivity index (χ3n) is 1.34. The first kappa shape index (κ1) is 12.6. The number of hydrogen-bond donors (Lipinski definition) is 1. The van der Waals surface area contributed by atoms with Crippen LogP contribution in [-0.2, 0) is 10.0 Å². The molecule has 0 rings (SSSR count). The van der Waals surface area contributed by atoms with Crippen molar-refractivity contribution < 1.29 is 8.42 Å². The summed E-state index contributed by atoms with van der Waals surface area (Å²) in [5.41, 5.74) is 0. The van der Waals surface area contributed by atoms with Crippen molar-refractivity contribution in [1.29, 1.82) is 0 Å². The van der Waals surface area contributed by atoms with Gasteiger partial charge in [0.05, 0.1) is 5.75 Å². The van der Waals surface area contributed by atoms with Gasteiger partial charge in [-0.2, -0.15) is 11.8 Å². The van der Waals surface area contributed by atoms with Gasteiger partial charge >= 0.3 is 0 Å². The van der Waals surface area contributed by atoms with Gasteiger partial charge in [-0.1, -0.05) is 6.92 Å². The Morgan fingerprint density at radius 3 is 2.58 bits per heavy atom. The van der Waals surface area contributed by atoms with Crippen LogP contribution in [0.2, 0.25) is 0 Å². The number of halogens is 1. The van der Waals surface area contributed by atoms with Crippen LogP contribution < -0.4 is 4.72 Å². The maximum absolute atomic E-state index is 11.0. The van der Waals surface area contributed by atoms with E-state index in [1.54, 1.807) is 11.8 Å². The van der Waals surface area contributed by atoms with Crippen LogP contribution >= 0.6 is 23.4 Å². The summed E-state index contributed by atoms with van der Waals surface area (Å²) in [5.74, 6) is 0.138. The van der Waals surface area contributed by atoms with Crippen molar-refractivity contribution in [3.8, 4) is 0 Å². The molecule has 0 aromatic heterocycles. The predicted molar refractivity (Wildman–Crippen MR) is 55.5 cm³/mol. The fraction of sp³-hybridized carbons (Fsp3) is 1.00. The van der Waals surface area contributed by atoms with Gasteiger partial charge in [-0.3, -0.25) is 0 Å². The van der Waals surface area contributed by atoms with Crippen molar-refractivity contribution in [3.05, 3.63) is 0 Å². The molecule has 1 N–H and O–H groups in total. The van der Waals surface area contributed by atoms with Gasteiger partial charge in [0, 0.05) is 17.7 Å². The minimum Gasteiger partial charge on any atom is -0.214 e. The van der Waals surface area contributed by atoms with Gasteiger partial charge in [0.1, 0.15) is 0 Å². The van der Waals surface area contributed by atoms with Crippen LogP contribution in [0.15, 0.2) is 0 Å². The molecule has 0 saturated carbocycles. The lowest BCUT2D eigenvalue weighted by Crippen LogP contribution is -2.31. The second kappa shape index (κ2) is 6.07. The Hall–Kier alpha value is 0.550. The average molecular weight is 232 g/mol. The highest BCUT2D eigenvalue weighted by molar-refractivity contribution is 7.99. The van der Waals surface area contributed by atoms with Gasteiger partial charge < -0.3 is 0 Å². The Kier molecular flexibility index (Phi) is 6.35. The van der Waals surface area contributed by atoms with E-state index in [2.05, 4.69) is 4.72 Å². The summed E-state index contributed by atoms with van der Waals surface area (Å²) in [6, 6.07) is 0. The molecule has 0 bridgehead atoms. The van der Waals surface area contributed by atoms with Gasteiger partial charge in [0.25, 0.3) is 0 Å². The van der Waals surface area contributed by atoms with Gasteiger partial charge in [0.15, 0.2) is 0 Å². The second-order valence-electron chi connectivity index (χ2n) is 2.40. The van der Waals surface area contributed by atoms with Crippen LogP contribution in [-0.4, -0.2) is 38.1 Å². The van der Waals surface area contributed by atoms with Crippen LogP contribution in [0, 0.1) is 0 Å². The van der Waals surface area contributed by atoms with Gasteiger partial charge in [-0.25, -0.2) is 13.1 Å². The van der Waals surface area contributed by atoms with Gasteiger partial charge in [0.2, 0.25) is 10.0 Å². The van der Waals surface area contributed by atoms with E-state index in [0.29, 0.717) is 11.8 Å².